The molecule has 0 bridgehead atoms. The van der Waals surface area contributed by atoms with Crippen LogP contribution in [0.2, 0.25) is 0 Å². The lowest BCUT2D eigenvalue weighted by Crippen LogP contribution is -2.99. The molecule has 0 aliphatic heterocycles. The zero-order valence-electron chi connectivity index (χ0n) is 13.6. The first-order valence-electron chi connectivity index (χ1n) is 7.02. The molecule has 0 saturated heterocycles. The number of amides is 1. The summed E-state index contributed by atoms with van der Waals surface area (Å²) in [6, 6.07) is 5.09. The van der Waals surface area contributed by atoms with E-state index < -0.39 is 28.9 Å². The number of benzene rings is 1. The van der Waals surface area contributed by atoms with Crippen molar-refractivity contribution in [2.75, 3.05) is 7.11 Å². The lowest BCUT2D eigenvalue weighted by Gasteiger charge is -2.22. The maximum atomic E-state index is 11.8. The fourth-order valence-corrected chi connectivity index (χ4v) is 1.80. The molecular weight excluding hydrogens is 304 g/mol. The van der Waals surface area contributed by atoms with Gasteiger partial charge in [0.15, 0.2) is 5.69 Å². The standard InChI is InChI=1S/C15H22N2O6/c1-15(2,3)23-14(19)16-12(13(18)22-4)9-10-5-7-11(8-6-10)17(20)21/h5-8,12,17,20H,9H2,1-4H3,(H,16,19)/t12-/m0/s1. The largest absolute Gasteiger partial charge is 0.595 e. The van der Waals surface area contributed by atoms with Crippen molar-refractivity contribution in [2.24, 2.45) is 0 Å². The van der Waals surface area contributed by atoms with E-state index in [-0.39, 0.29) is 12.1 Å². The molecule has 2 atom stereocenters. The minimum Gasteiger partial charge on any atom is -0.595 e. The highest BCUT2D eigenvalue weighted by atomic mass is 16.8. The Hall–Kier alpha value is -2.16. The van der Waals surface area contributed by atoms with Gasteiger partial charge in [-0.1, -0.05) is 12.1 Å². The SMILES string of the molecule is COC(=O)[C@H](Cc1ccc([NH+]([O-])O)cc1)NC(=O)OC(C)(C)C. The molecule has 8 nitrogen and oxygen atoms in total. The van der Waals surface area contributed by atoms with Crippen molar-refractivity contribution in [2.45, 2.75) is 38.8 Å². The zero-order valence-corrected chi connectivity index (χ0v) is 13.6. The Bertz CT molecular complexity index is 536. The smallest absolute Gasteiger partial charge is 0.408 e. The molecule has 0 aromatic heterocycles. The summed E-state index contributed by atoms with van der Waals surface area (Å²) in [6.45, 7) is 5.14. The van der Waals surface area contributed by atoms with E-state index in [9.17, 15) is 14.8 Å². The molecule has 1 unspecified atom stereocenters. The van der Waals surface area contributed by atoms with E-state index in [0.29, 0.717) is 5.56 Å². The summed E-state index contributed by atoms with van der Waals surface area (Å²) in [5.74, 6) is -0.613. The van der Waals surface area contributed by atoms with Crippen LogP contribution in [0.4, 0.5) is 10.5 Å². The van der Waals surface area contributed by atoms with E-state index in [1.807, 2.05) is 0 Å². The minimum atomic E-state index is -1.03. The molecule has 0 saturated carbocycles. The van der Waals surface area contributed by atoms with Gasteiger partial charge in [0.1, 0.15) is 11.6 Å². The van der Waals surface area contributed by atoms with Crippen molar-refractivity contribution in [3.8, 4) is 0 Å². The summed E-state index contributed by atoms with van der Waals surface area (Å²) in [7, 11) is 1.22. The molecule has 8 heteroatoms. The number of carbonyl (C=O) groups is 2. The number of ether oxygens (including phenoxy) is 2. The highest BCUT2D eigenvalue weighted by Crippen LogP contribution is 2.11. The highest BCUT2D eigenvalue weighted by molar-refractivity contribution is 5.81. The molecule has 3 N–H and O–H groups in total. The molecule has 1 aromatic carbocycles. The third-order valence-electron chi connectivity index (χ3n) is 2.82. The van der Waals surface area contributed by atoms with Gasteiger partial charge in [-0.15, -0.1) is 0 Å². The average molecular weight is 326 g/mol. The summed E-state index contributed by atoms with van der Waals surface area (Å²) in [5, 5.41) is 21.1. The minimum absolute atomic E-state index is 0.142. The molecule has 0 radical (unpaired) electrons. The van der Waals surface area contributed by atoms with Crippen molar-refractivity contribution in [1.82, 2.24) is 5.32 Å². The first kappa shape index (κ1) is 18.9. The quantitative estimate of drug-likeness (QED) is 0.542. The van der Waals surface area contributed by atoms with Crippen LogP contribution < -0.4 is 10.5 Å². The number of quaternary nitrogens is 1. The van der Waals surface area contributed by atoms with Crippen molar-refractivity contribution in [1.29, 1.82) is 0 Å². The van der Waals surface area contributed by atoms with Crippen LogP contribution in [0.15, 0.2) is 24.3 Å². The van der Waals surface area contributed by atoms with Crippen LogP contribution in [0.25, 0.3) is 0 Å². The predicted octanol–water partition coefficient (Wildman–Crippen LogP) is 0.699. The van der Waals surface area contributed by atoms with E-state index in [1.165, 1.54) is 19.2 Å². The molecule has 128 valence electrons. The Morgan fingerprint density at radius 2 is 1.87 bits per heavy atom. The summed E-state index contributed by atoms with van der Waals surface area (Å²) < 4.78 is 9.79. The van der Waals surface area contributed by atoms with E-state index in [4.69, 9.17) is 9.94 Å². The second-order valence-electron chi connectivity index (χ2n) is 5.93. The van der Waals surface area contributed by atoms with Crippen molar-refractivity contribution < 1.29 is 29.5 Å². The highest BCUT2D eigenvalue weighted by Gasteiger charge is 2.25. The second kappa shape index (κ2) is 7.91. The molecule has 0 aliphatic carbocycles. The van der Waals surface area contributed by atoms with Gasteiger partial charge in [0.25, 0.3) is 0 Å². The van der Waals surface area contributed by atoms with E-state index >= 15 is 0 Å². The molecule has 0 aliphatic rings. The van der Waals surface area contributed by atoms with E-state index in [1.54, 1.807) is 32.9 Å². The molecule has 0 heterocycles. The van der Waals surface area contributed by atoms with Gasteiger partial charge in [-0.2, -0.15) is 5.23 Å². The van der Waals surface area contributed by atoms with Crippen LogP contribution in [0.5, 0.6) is 0 Å². The summed E-state index contributed by atoms with van der Waals surface area (Å²) in [5.41, 5.74) is 0.137. The first-order chi connectivity index (χ1) is 10.6. The van der Waals surface area contributed by atoms with Crippen molar-refractivity contribution in [3.05, 3.63) is 35.0 Å². The number of hydrogen-bond acceptors (Lipinski definition) is 6. The first-order valence-corrected chi connectivity index (χ1v) is 7.02. The summed E-state index contributed by atoms with van der Waals surface area (Å²) >= 11 is 0. The maximum Gasteiger partial charge on any atom is 0.408 e. The van der Waals surface area contributed by atoms with E-state index in [0.717, 1.165) is 0 Å². The number of rotatable bonds is 5. The normalized spacial score (nSPS) is 13.8. The van der Waals surface area contributed by atoms with E-state index in [2.05, 4.69) is 10.1 Å². The third-order valence-corrected chi connectivity index (χ3v) is 2.82. The lowest BCUT2D eigenvalue weighted by molar-refractivity contribution is -0.991. The van der Waals surface area contributed by atoms with Crippen molar-refractivity contribution >= 4 is 17.7 Å². The number of carbonyl (C=O) groups excluding carboxylic acids is 2. The van der Waals surface area contributed by atoms with Crippen LogP contribution in [0.3, 0.4) is 0 Å². The molecule has 1 amide bonds. The van der Waals surface area contributed by atoms with Gasteiger partial charge in [0.05, 0.1) is 7.11 Å². The number of esters is 1. The van der Waals surface area contributed by atoms with Gasteiger partial charge in [-0.3, -0.25) is 0 Å². The molecule has 23 heavy (non-hydrogen) atoms. The third kappa shape index (κ3) is 6.64. The van der Waals surface area contributed by atoms with Gasteiger partial charge < -0.3 is 20.0 Å². The number of hydrogen-bond donors (Lipinski definition) is 3. The average Bonchev–Trinajstić information content (AvgIpc) is 2.44. The van der Waals surface area contributed by atoms with Gasteiger partial charge >= 0.3 is 12.1 Å². The Morgan fingerprint density at radius 3 is 2.30 bits per heavy atom. The number of nitrogens with one attached hydrogen (secondary N) is 2. The Morgan fingerprint density at radius 1 is 1.30 bits per heavy atom. The molecule has 1 rings (SSSR count). The monoisotopic (exact) mass is 326 g/mol. The molecule has 0 spiro atoms. The van der Waals surface area contributed by atoms with Gasteiger partial charge in [0, 0.05) is 18.6 Å². The van der Waals surface area contributed by atoms with Gasteiger partial charge in [-0.25, -0.2) is 14.8 Å². The number of methoxy groups -OCH3 is 1. The Kier molecular flexibility index (Phi) is 6.49. The van der Waals surface area contributed by atoms with Crippen LogP contribution in [-0.2, 0) is 20.7 Å². The fourth-order valence-electron chi connectivity index (χ4n) is 1.80. The van der Waals surface area contributed by atoms with Crippen LogP contribution >= 0.6 is 0 Å². The van der Waals surface area contributed by atoms with Crippen LogP contribution in [-0.4, -0.2) is 36.0 Å². The van der Waals surface area contributed by atoms with Crippen molar-refractivity contribution in [3.63, 3.8) is 0 Å². The lowest BCUT2D eigenvalue weighted by atomic mass is 10.1. The molecule has 0 fully saturated rings. The summed E-state index contributed by atoms with van der Waals surface area (Å²) in [4.78, 5) is 23.6. The van der Waals surface area contributed by atoms with Crippen LogP contribution in [0, 0.1) is 5.21 Å². The second-order valence-corrected chi connectivity index (χ2v) is 5.93. The summed E-state index contributed by atoms with van der Waals surface area (Å²) in [6.07, 6.45) is -0.568. The molecular formula is C15H22N2O6. The Balaban J connectivity index is 2.78. The van der Waals surface area contributed by atoms with Gasteiger partial charge in [0.2, 0.25) is 0 Å². The molecule has 1 aromatic rings. The maximum absolute atomic E-state index is 11.8. The fraction of sp³-hybridized carbons (Fsp3) is 0.467. The predicted molar refractivity (Wildman–Crippen MR) is 81.1 cm³/mol. The zero-order chi connectivity index (χ0) is 17.6. The Labute approximate surface area is 134 Å². The topological polar surface area (TPSA) is 112 Å². The van der Waals surface area contributed by atoms with Gasteiger partial charge in [-0.05, 0) is 26.3 Å². The number of alkyl carbamates (subject to hydrolysis) is 1. The van der Waals surface area contributed by atoms with Crippen LogP contribution in [0.1, 0.15) is 26.3 Å².